The van der Waals surface area contributed by atoms with Crippen molar-refractivity contribution in [3.8, 4) is 0 Å². The van der Waals surface area contributed by atoms with E-state index in [2.05, 4.69) is 4.99 Å². The van der Waals surface area contributed by atoms with Gasteiger partial charge in [-0.05, 0) is 31.0 Å². The van der Waals surface area contributed by atoms with Crippen LogP contribution in [0.4, 0.5) is 10.1 Å². The summed E-state index contributed by atoms with van der Waals surface area (Å²) < 4.78 is 43.0. The van der Waals surface area contributed by atoms with Gasteiger partial charge in [0.05, 0.1) is 22.6 Å². The fourth-order valence-corrected chi connectivity index (χ4v) is 7.53. The molecule has 3 fully saturated rings. The van der Waals surface area contributed by atoms with Crippen LogP contribution in [0.25, 0.3) is 0 Å². The van der Waals surface area contributed by atoms with Gasteiger partial charge < -0.3 is 9.64 Å². The van der Waals surface area contributed by atoms with E-state index in [1.165, 1.54) is 30.0 Å². The number of ether oxygens (including phenoxy) is 1. The van der Waals surface area contributed by atoms with E-state index in [-0.39, 0.29) is 33.7 Å². The van der Waals surface area contributed by atoms with Crippen LogP contribution in [-0.2, 0) is 19.4 Å². The first-order valence-electron chi connectivity index (χ1n) is 8.19. The van der Waals surface area contributed by atoms with Crippen LogP contribution in [0, 0.1) is 5.82 Å². The highest BCUT2D eigenvalue weighted by molar-refractivity contribution is 8.16. The zero-order chi connectivity index (χ0) is 18.5. The van der Waals surface area contributed by atoms with Crippen LogP contribution >= 0.6 is 23.4 Å². The Morgan fingerprint density at radius 3 is 2.88 bits per heavy atom. The van der Waals surface area contributed by atoms with Gasteiger partial charge in [-0.1, -0.05) is 23.4 Å². The van der Waals surface area contributed by atoms with Crippen LogP contribution in [0.5, 0.6) is 0 Å². The van der Waals surface area contributed by atoms with E-state index >= 15 is 0 Å². The molecule has 0 radical (unpaired) electrons. The third-order valence-corrected chi connectivity index (χ3v) is 8.16. The molecule has 3 aliphatic heterocycles. The van der Waals surface area contributed by atoms with Gasteiger partial charge in [0.1, 0.15) is 11.9 Å². The first kappa shape index (κ1) is 18.2. The lowest BCUT2D eigenvalue weighted by atomic mass is 10.2. The van der Waals surface area contributed by atoms with E-state index in [9.17, 15) is 17.6 Å². The monoisotopic (exact) mass is 418 g/mol. The van der Waals surface area contributed by atoms with Gasteiger partial charge in [-0.2, -0.15) is 4.99 Å². The summed E-state index contributed by atoms with van der Waals surface area (Å²) in [6.45, 7) is 0.537. The number of benzene rings is 1. The smallest absolute Gasteiger partial charge is 0.277 e. The molecule has 3 atom stereocenters. The number of thioether (sulfide) groups is 1. The van der Waals surface area contributed by atoms with Gasteiger partial charge in [-0.25, -0.2) is 12.8 Å². The van der Waals surface area contributed by atoms with Crippen molar-refractivity contribution in [2.45, 2.75) is 30.2 Å². The average Bonchev–Trinajstić information content (AvgIpc) is 3.25. The first-order chi connectivity index (χ1) is 12.3. The summed E-state index contributed by atoms with van der Waals surface area (Å²) in [7, 11) is -3.17. The van der Waals surface area contributed by atoms with Gasteiger partial charge in [0.25, 0.3) is 5.91 Å². The maximum atomic E-state index is 13.5. The predicted molar refractivity (Wildman–Crippen MR) is 99.1 cm³/mol. The molecule has 140 valence electrons. The third kappa shape index (κ3) is 3.37. The van der Waals surface area contributed by atoms with E-state index in [0.29, 0.717) is 23.9 Å². The molecule has 0 spiro atoms. The molecule has 0 aromatic heterocycles. The maximum Gasteiger partial charge on any atom is 0.277 e. The van der Waals surface area contributed by atoms with Crippen LogP contribution in [0.1, 0.15) is 12.8 Å². The van der Waals surface area contributed by atoms with Crippen LogP contribution in [0.3, 0.4) is 0 Å². The molecule has 1 amide bonds. The van der Waals surface area contributed by atoms with Crippen molar-refractivity contribution in [3.05, 3.63) is 29.0 Å². The number of hydrogen-bond donors (Lipinski definition) is 0. The largest absolute Gasteiger partial charge is 0.368 e. The highest BCUT2D eigenvalue weighted by Gasteiger charge is 2.49. The normalized spacial score (nSPS) is 31.5. The topological polar surface area (TPSA) is 76.0 Å². The van der Waals surface area contributed by atoms with E-state index < -0.39 is 21.8 Å². The minimum absolute atomic E-state index is 0.0287. The standard InChI is InChI=1S/C16H16ClFN2O4S2/c17-10-6-9(3-4-11(10)18)20-12-7-26(22,23)8-14(12)25-16(20)19-15(21)13-2-1-5-24-13/h3-4,6,12-14H,1-2,5,7-8H2/t12-,13-,14-/m0/s1. The number of rotatable bonds is 2. The summed E-state index contributed by atoms with van der Waals surface area (Å²) >= 11 is 7.16. The number of hydrogen-bond acceptors (Lipinski definition) is 5. The van der Waals surface area contributed by atoms with Crippen molar-refractivity contribution in [1.29, 1.82) is 0 Å². The Bertz CT molecular complexity index is 886. The van der Waals surface area contributed by atoms with E-state index in [1.807, 2.05) is 0 Å². The lowest BCUT2D eigenvalue weighted by Crippen LogP contribution is -2.38. The number of amidine groups is 1. The highest BCUT2D eigenvalue weighted by atomic mass is 35.5. The Labute approximate surface area is 159 Å². The SMILES string of the molecule is O=C(N=C1S[C@H]2CS(=O)(=O)C[C@@H]2N1c1ccc(F)c(Cl)c1)[C@@H]1CCCO1. The Balaban J connectivity index is 1.70. The lowest BCUT2D eigenvalue weighted by molar-refractivity contribution is -0.126. The van der Waals surface area contributed by atoms with E-state index in [0.717, 1.165) is 6.42 Å². The molecule has 0 saturated carbocycles. The number of anilines is 1. The second kappa shape index (κ2) is 6.78. The maximum absolute atomic E-state index is 13.5. The van der Waals surface area contributed by atoms with Crippen molar-refractivity contribution in [3.63, 3.8) is 0 Å². The number of carbonyl (C=O) groups excluding carboxylic acids is 1. The van der Waals surface area contributed by atoms with Crippen LogP contribution < -0.4 is 4.90 Å². The summed E-state index contributed by atoms with van der Waals surface area (Å²) in [4.78, 5) is 18.3. The molecule has 6 nitrogen and oxygen atoms in total. The summed E-state index contributed by atoms with van der Waals surface area (Å²) in [5, 5.41) is 0.125. The number of nitrogens with zero attached hydrogens (tertiary/aromatic N) is 2. The molecule has 0 aliphatic carbocycles. The van der Waals surface area contributed by atoms with E-state index in [1.54, 1.807) is 4.90 Å². The van der Waals surface area contributed by atoms with Gasteiger partial charge in [-0.3, -0.25) is 4.79 Å². The molecule has 0 N–H and O–H groups in total. The predicted octanol–water partition coefficient (Wildman–Crippen LogP) is 2.26. The van der Waals surface area contributed by atoms with Crippen molar-refractivity contribution < 1.29 is 22.3 Å². The number of aliphatic imine (C=N–C) groups is 1. The second-order valence-electron chi connectivity index (χ2n) is 6.50. The molecule has 26 heavy (non-hydrogen) atoms. The molecule has 0 bridgehead atoms. The summed E-state index contributed by atoms with van der Waals surface area (Å²) in [5.41, 5.74) is 0.521. The fourth-order valence-electron chi connectivity index (χ4n) is 3.44. The highest BCUT2D eigenvalue weighted by Crippen LogP contribution is 2.41. The lowest BCUT2D eigenvalue weighted by Gasteiger charge is -2.24. The average molecular weight is 419 g/mol. The Morgan fingerprint density at radius 2 is 2.19 bits per heavy atom. The van der Waals surface area contributed by atoms with Gasteiger partial charge in [0.2, 0.25) is 0 Å². The fraction of sp³-hybridized carbons (Fsp3) is 0.500. The molecule has 10 heteroatoms. The Hall–Kier alpha value is -1.16. The molecule has 3 saturated heterocycles. The molecule has 1 aromatic carbocycles. The van der Waals surface area contributed by atoms with Gasteiger partial charge in [0.15, 0.2) is 15.0 Å². The second-order valence-corrected chi connectivity index (χ2v) is 10.3. The molecule has 3 heterocycles. The number of fused-ring (bicyclic) bond motifs is 1. The van der Waals surface area contributed by atoms with Gasteiger partial charge >= 0.3 is 0 Å². The first-order valence-corrected chi connectivity index (χ1v) is 11.3. The molecule has 4 rings (SSSR count). The molecule has 1 aromatic rings. The zero-order valence-corrected chi connectivity index (χ0v) is 16.0. The van der Waals surface area contributed by atoms with Gasteiger partial charge in [-0.15, -0.1) is 0 Å². The minimum Gasteiger partial charge on any atom is -0.368 e. The van der Waals surface area contributed by atoms with Crippen molar-refractivity contribution >= 4 is 50.0 Å². The van der Waals surface area contributed by atoms with Crippen molar-refractivity contribution in [1.82, 2.24) is 0 Å². The van der Waals surface area contributed by atoms with Crippen LogP contribution in [0.2, 0.25) is 5.02 Å². The molecular weight excluding hydrogens is 403 g/mol. The third-order valence-electron chi connectivity index (χ3n) is 4.66. The molecule has 3 aliphatic rings. The number of amides is 1. The molecule has 0 unspecified atom stereocenters. The molecular formula is C16H16ClFN2O4S2. The number of sulfone groups is 1. The summed E-state index contributed by atoms with van der Waals surface area (Å²) in [6, 6.07) is 3.80. The van der Waals surface area contributed by atoms with Crippen LogP contribution in [0.15, 0.2) is 23.2 Å². The van der Waals surface area contributed by atoms with Gasteiger partial charge in [0, 0.05) is 17.5 Å². The summed E-state index contributed by atoms with van der Waals surface area (Å²) in [6.07, 6.45) is 0.893. The Kier molecular flexibility index (Phi) is 4.75. The Morgan fingerprint density at radius 1 is 1.38 bits per heavy atom. The zero-order valence-electron chi connectivity index (χ0n) is 13.6. The van der Waals surface area contributed by atoms with Crippen LogP contribution in [-0.4, -0.2) is 55.0 Å². The van der Waals surface area contributed by atoms with E-state index in [4.69, 9.17) is 16.3 Å². The number of carbonyl (C=O) groups is 1. The summed E-state index contributed by atoms with van der Waals surface area (Å²) in [5.74, 6) is -0.939. The van der Waals surface area contributed by atoms with Crippen molar-refractivity contribution in [2.24, 2.45) is 4.99 Å². The minimum atomic E-state index is -3.17. The quantitative estimate of drug-likeness (QED) is 0.733. The van der Waals surface area contributed by atoms with Crippen molar-refractivity contribution in [2.75, 3.05) is 23.0 Å². The number of halogens is 2.